The summed E-state index contributed by atoms with van der Waals surface area (Å²) in [4.78, 5) is 10.8. The molecule has 21 heavy (non-hydrogen) atoms. The average Bonchev–Trinajstić information content (AvgIpc) is 2.49. The highest BCUT2D eigenvalue weighted by Gasteiger charge is 2.20. The van der Waals surface area contributed by atoms with Crippen LogP contribution in [0.5, 0.6) is 11.8 Å². The molecule has 2 aromatic rings. The van der Waals surface area contributed by atoms with Crippen LogP contribution in [0.4, 0.5) is 0 Å². The first kappa shape index (κ1) is 14.4. The van der Waals surface area contributed by atoms with Gasteiger partial charge in [-0.05, 0) is 32.0 Å². The van der Waals surface area contributed by atoms with Crippen molar-refractivity contribution in [3.8, 4) is 11.8 Å². The second-order valence-corrected chi connectivity index (χ2v) is 5.63. The summed E-state index contributed by atoms with van der Waals surface area (Å²) in [6.45, 7) is 2.10. The number of methoxy groups -OCH3 is 1. The van der Waals surface area contributed by atoms with E-state index in [0.717, 1.165) is 42.6 Å². The molecule has 0 bridgehead atoms. The molecule has 2 heterocycles. The lowest BCUT2D eigenvalue weighted by Gasteiger charge is -2.29. The van der Waals surface area contributed by atoms with Gasteiger partial charge in [-0.3, -0.25) is 0 Å². The zero-order valence-electron chi connectivity index (χ0n) is 12.2. The van der Waals surface area contributed by atoms with E-state index in [4.69, 9.17) is 21.1 Å². The summed E-state index contributed by atoms with van der Waals surface area (Å²) in [6.07, 6.45) is 2.24. The van der Waals surface area contributed by atoms with Crippen LogP contribution in [0.2, 0.25) is 5.15 Å². The maximum Gasteiger partial charge on any atom is 0.318 e. The number of ether oxygens (including phenoxy) is 2. The molecule has 1 aliphatic rings. The van der Waals surface area contributed by atoms with Crippen molar-refractivity contribution in [2.75, 3.05) is 27.2 Å². The normalized spacial score (nSPS) is 17.1. The van der Waals surface area contributed by atoms with Crippen LogP contribution >= 0.6 is 11.6 Å². The predicted molar refractivity (Wildman–Crippen MR) is 82.2 cm³/mol. The highest BCUT2D eigenvalue weighted by atomic mass is 35.5. The Labute approximate surface area is 128 Å². The van der Waals surface area contributed by atoms with Crippen LogP contribution < -0.4 is 9.47 Å². The van der Waals surface area contributed by atoms with Gasteiger partial charge < -0.3 is 14.4 Å². The number of likely N-dealkylation sites (tertiary alicyclic amines) is 1. The number of hydrogen-bond acceptors (Lipinski definition) is 5. The Balaban J connectivity index is 1.91. The number of piperidine rings is 1. The molecule has 0 unspecified atom stereocenters. The molecule has 0 radical (unpaired) electrons. The van der Waals surface area contributed by atoms with Gasteiger partial charge in [0.1, 0.15) is 17.0 Å². The molecular formula is C15H18ClN3O2. The van der Waals surface area contributed by atoms with E-state index in [-0.39, 0.29) is 12.1 Å². The van der Waals surface area contributed by atoms with Crippen LogP contribution in [0.25, 0.3) is 10.9 Å². The minimum absolute atomic E-state index is 0.213. The first-order valence-electron chi connectivity index (χ1n) is 7.03. The number of aromatic nitrogens is 2. The summed E-state index contributed by atoms with van der Waals surface area (Å²) in [5, 5.41) is 1.11. The van der Waals surface area contributed by atoms with E-state index < -0.39 is 0 Å². The third-order valence-corrected chi connectivity index (χ3v) is 4.04. The largest absolute Gasteiger partial charge is 0.490 e. The summed E-state index contributed by atoms with van der Waals surface area (Å²) in [7, 11) is 3.65. The highest BCUT2D eigenvalue weighted by Crippen LogP contribution is 2.32. The lowest BCUT2D eigenvalue weighted by Crippen LogP contribution is -2.35. The van der Waals surface area contributed by atoms with Gasteiger partial charge in [0.05, 0.1) is 18.0 Å². The van der Waals surface area contributed by atoms with Crippen LogP contribution in [0.15, 0.2) is 18.2 Å². The first-order chi connectivity index (χ1) is 10.2. The second kappa shape index (κ2) is 6.03. The van der Waals surface area contributed by atoms with Crippen molar-refractivity contribution in [3.05, 3.63) is 23.4 Å². The van der Waals surface area contributed by atoms with Gasteiger partial charge in [0, 0.05) is 13.1 Å². The molecule has 1 fully saturated rings. The van der Waals surface area contributed by atoms with Gasteiger partial charge >= 0.3 is 6.01 Å². The number of halogens is 1. The van der Waals surface area contributed by atoms with Crippen LogP contribution in [0, 0.1) is 0 Å². The fourth-order valence-electron chi connectivity index (χ4n) is 2.56. The molecule has 1 aromatic heterocycles. The molecule has 1 aromatic carbocycles. The third-order valence-electron chi connectivity index (χ3n) is 3.76. The van der Waals surface area contributed by atoms with E-state index >= 15 is 0 Å². The Bertz CT molecular complexity index is 642. The molecule has 3 rings (SSSR count). The van der Waals surface area contributed by atoms with Crippen LogP contribution in [-0.4, -0.2) is 48.2 Å². The van der Waals surface area contributed by atoms with Gasteiger partial charge in [0.2, 0.25) is 0 Å². The molecule has 6 heteroatoms. The molecule has 0 saturated carbocycles. The zero-order chi connectivity index (χ0) is 14.8. The molecule has 0 spiro atoms. The van der Waals surface area contributed by atoms with Gasteiger partial charge in [0.25, 0.3) is 0 Å². The van der Waals surface area contributed by atoms with Gasteiger partial charge in [-0.15, -0.1) is 0 Å². The van der Waals surface area contributed by atoms with E-state index in [1.807, 2.05) is 18.2 Å². The maximum atomic E-state index is 6.27. The van der Waals surface area contributed by atoms with Crippen molar-refractivity contribution in [2.24, 2.45) is 0 Å². The summed E-state index contributed by atoms with van der Waals surface area (Å²) in [5.74, 6) is 0.745. The summed E-state index contributed by atoms with van der Waals surface area (Å²) < 4.78 is 11.2. The van der Waals surface area contributed by atoms with E-state index in [9.17, 15) is 0 Å². The Morgan fingerprint density at radius 1 is 1.24 bits per heavy atom. The molecule has 1 saturated heterocycles. The molecule has 5 nitrogen and oxygen atoms in total. The summed E-state index contributed by atoms with van der Waals surface area (Å²) in [5.41, 5.74) is 0.734. The summed E-state index contributed by atoms with van der Waals surface area (Å²) in [6, 6.07) is 5.98. The average molecular weight is 308 g/mol. The van der Waals surface area contributed by atoms with Crippen molar-refractivity contribution in [3.63, 3.8) is 0 Å². The second-order valence-electron chi connectivity index (χ2n) is 5.27. The summed E-state index contributed by atoms with van der Waals surface area (Å²) >= 11 is 6.27. The van der Waals surface area contributed by atoms with Crippen LogP contribution in [-0.2, 0) is 0 Å². The van der Waals surface area contributed by atoms with Crippen LogP contribution in [0.3, 0.4) is 0 Å². The zero-order valence-corrected chi connectivity index (χ0v) is 12.9. The lowest BCUT2D eigenvalue weighted by molar-refractivity contribution is 0.115. The Kier molecular flexibility index (Phi) is 4.12. The lowest BCUT2D eigenvalue weighted by atomic mass is 10.1. The predicted octanol–water partition coefficient (Wildman–Crippen LogP) is 2.76. The molecule has 0 aliphatic carbocycles. The van der Waals surface area contributed by atoms with Crippen LogP contribution in [0.1, 0.15) is 12.8 Å². The quantitative estimate of drug-likeness (QED) is 0.816. The van der Waals surface area contributed by atoms with E-state index in [1.54, 1.807) is 0 Å². The van der Waals surface area contributed by atoms with E-state index in [2.05, 4.69) is 21.9 Å². The Morgan fingerprint density at radius 2 is 2.00 bits per heavy atom. The monoisotopic (exact) mass is 307 g/mol. The van der Waals surface area contributed by atoms with Gasteiger partial charge in [-0.2, -0.15) is 9.97 Å². The topological polar surface area (TPSA) is 47.5 Å². The first-order valence-corrected chi connectivity index (χ1v) is 7.40. The maximum absolute atomic E-state index is 6.27. The van der Waals surface area contributed by atoms with E-state index in [0.29, 0.717) is 5.15 Å². The van der Waals surface area contributed by atoms with Crippen molar-refractivity contribution in [1.82, 2.24) is 14.9 Å². The van der Waals surface area contributed by atoms with Crippen molar-refractivity contribution < 1.29 is 9.47 Å². The smallest absolute Gasteiger partial charge is 0.318 e. The molecule has 0 amide bonds. The van der Waals surface area contributed by atoms with Crippen molar-refractivity contribution in [1.29, 1.82) is 0 Å². The molecular weight excluding hydrogens is 290 g/mol. The van der Waals surface area contributed by atoms with Gasteiger partial charge in [0.15, 0.2) is 0 Å². The fourth-order valence-corrected chi connectivity index (χ4v) is 2.82. The minimum Gasteiger partial charge on any atom is -0.490 e. The molecule has 1 aliphatic heterocycles. The number of fused-ring (bicyclic) bond motifs is 1. The van der Waals surface area contributed by atoms with Crippen molar-refractivity contribution in [2.45, 2.75) is 18.9 Å². The Morgan fingerprint density at radius 3 is 2.71 bits per heavy atom. The third kappa shape index (κ3) is 3.04. The Hall–Kier alpha value is -1.59. The minimum atomic E-state index is 0.213. The SMILES string of the molecule is COc1nc(Cl)c2c(OC3CCN(C)CC3)cccc2n1. The van der Waals surface area contributed by atoms with Gasteiger partial charge in [-0.25, -0.2) is 0 Å². The van der Waals surface area contributed by atoms with Gasteiger partial charge in [-0.1, -0.05) is 17.7 Å². The number of benzene rings is 1. The number of nitrogens with zero attached hydrogens (tertiary/aromatic N) is 3. The standard InChI is InChI=1S/C15H18ClN3O2/c1-19-8-6-10(7-9-19)21-12-5-3-4-11-13(12)14(16)18-15(17-11)20-2/h3-5,10H,6-9H2,1-2H3. The van der Waals surface area contributed by atoms with Crippen molar-refractivity contribution >= 4 is 22.5 Å². The fraction of sp³-hybridized carbons (Fsp3) is 0.467. The molecule has 0 atom stereocenters. The number of rotatable bonds is 3. The number of hydrogen-bond donors (Lipinski definition) is 0. The molecule has 112 valence electrons. The van der Waals surface area contributed by atoms with E-state index in [1.165, 1.54) is 7.11 Å². The molecule has 0 N–H and O–H groups in total. The highest BCUT2D eigenvalue weighted by molar-refractivity contribution is 6.34.